The van der Waals surface area contributed by atoms with E-state index in [2.05, 4.69) is 0 Å². The number of hydrogen-bond donors (Lipinski definition) is 0. The SMILES string of the molecule is CO[Si](OC)(OC)OC(C)Oc1ccccc1. The van der Waals surface area contributed by atoms with Crippen LogP contribution in [0.5, 0.6) is 5.75 Å². The Morgan fingerprint density at radius 3 is 1.94 bits per heavy atom. The second-order valence-corrected chi connectivity index (χ2v) is 5.69. The van der Waals surface area contributed by atoms with Gasteiger partial charge in [0, 0.05) is 21.3 Å². The van der Waals surface area contributed by atoms with Gasteiger partial charge in [-0.05, 0) is 19.1 Å². The zero-order valence-corrected chi connectivity index (χ0v) is 11.5. The molecule has 6 heteroatoms. The molecule has 1 aromatic carbocycles. The quantitative estimate of drug-likeness (QED) is 0.551. The molecule has 0 bridgehead atoms. The van der Waals surface area contributed by atoms with Crippen LogP contribution >= 0.6 is 0 Å². The Labute approximate surface area is 103 Å². The van der Waals surface area contributed by atoms with Crippen molar-refractivity contribution in [2.45, 2.75) is 13.2 Å². The molecule has 0 amide bonds. The maximum absolute atomic E-state index is 5.55. The highest BCUT2D eigenvalue weighted by atomic mass is 28.4. The number of hydrogen-bond acceptors (Lipinski definition) is 5. The topological polar surface area (TPSA) is 46.2 Å². The molecule has 17 heavy (non-hydrogen) atoms. The van der Waals surface area contributed by atoms with Gasteiger partial charge >= 0.3 is 9.05 Å². The van der Waals surface area contributed by atoms with Gasteiger partial charge in [-0.1, -0.05) is 18.2 Å². The highest BCUT2D eigenvalue weighted by Gasteiger charge is 2.44. The summed E-state index contributed by atoms with van der Waals surface area (Å²) in [6, 6.07) is 9.37. The number of benzene rings is 1. The van der Waals surface area contributed by atoms with Crippen molar-refractivity contribution in [2.24, 2.45) is 0 Å². The lowest BCUT2D eigenvalue weighted by Crippen LogP contribution is -2.49. The first kappa shape index (κ1) is 14.1. The molecule has 0 heterocycles. The molecule has 0 N–H and O–H groups in total. The van der Waals surface area contributed by atoms with Crippen LogP contribution in [0.25, 0.3) is 0 Å². The number of para-hydroxylation sites is 1. The van der Waals surface area contributed by atoms with E-state index < -0.39 is 15.3 Å². The van der Waals surface area contributed by atoms with Gasteiger partial charge in [-0.25, -0.2) is 0 Å². The minimum Gasteiger partial charge on any atom is -0.466 e. The van der Waals surface area contributed by atoms with Gasteiger partial charge in [0.1, 0.15) is 5.75 Å². The summed E-state index contributed by atoms with van der Waals surface area (Å²) in [4.78, 5) is 0. The molecule has 0 radical (unpaired) electrons. The highest BCUT2D eigenvalue weighted by Crippen LogP contribution is 2.16. The van der Waals surface area contributed by atoms with Crippen molar-refractivity contribution in [1.29, 1.82) is 0 Å². The normalized spacial score (nSPS) is 13.4. The summed E-state index contributed by atoms with van der Waals surface area (Å²) >= 11 is 0. The summed E-state index contributed by atoms with van der Waals surface area (Å²) in [6.45, 7) is 1.76. The smallest absolute Gasteiger partial charge is 0.466 e. The lowest BCUT2D eigenvalue weighted by molar-refractivity contribution is -0.0829. The Hall–Kier alpha value is -0.923. The fourth-order valence-corrected chi connectivity index (χ4v) is 2.56. The van der Waals surface area contributed by atoms with Crippen LogP contribution in [0.1, 0.15) is 6.92 Å². The molecule has 0 saturated heterocycles. The second kappa shape index (κ2) is 6.73. The van der Waals surface area contributed by atoms with E-state index in [4.69, 9.17) is 22.4 Å². The molecule has 1 rings (SSSR count). The van der Waals surface area contributed by atoms with E-state index in [1.165, 1.54) is 21.3 Å². The molecular formula is C11H18O5Si. The first-order valence-corrected chi connectivity index (χ1v) is 6.84. The van der Waals surface area contributed by atoms with Crippen molar-refractivity contribution in [3.05, 3.63) is 30.3 Å². The van der Waals surface area contributed by atoms with Crippen molar-refractivity contribution in [1.82, 2.24) is 0 Å². The van der Waals surface area contributed by atoms with E-state index in [9.17, 15) is 0 Å². The van der Waals surface area contributed by atoms with E-state index in [1.54, 1.807) is 6.92 Å². The molecule has 0 aliphatic heterocycles. The maximum atomic E-state index is 5.55. The molecule has 1 aromatic rings. The highest BCUT2D eigenvalue weighted by molar-refractivity contribution is 6.53. The predicted octanol–water partition coefficient (Wildman–Crippen LogP) is 1.80. The van der Waals surface area contributed by atoms with E-state index in [0.717, 1.165) is 0 Å². The minimum absolute atomic E-state index is 0.524. The molecule has 0 aromatic heterocycles. The van der Waals surface area contributed by atoms with Crippen LogP contribution in [-0.4, -0.2) is 36.7 Å². The Morgan fingerprint density at radius 1 is 0.941 bits per heavy atom. The summed E-state index contributed by atoms with van der Waals surface area (Å²) in [5, 5.41) is 0. The van der Waals surface area contributed by atoms with Gasteiger partial charge in [0.05, 0.1) is 0 Å². The van der Waals surface area contributed by atoms with Crippen LogP contribution in [0.2, 0.25) is 0 Å². The third-order valence-corrected chi connectivity index (χ3v) is 4.23. The lowest BCUT2D eigenvalue weighted by atomic mass is 10.3. The fraction of sp³-hybridized carbons (Fsp3) is 0.455. The van der Waals surface area contributed by atoms with E-state index in [0.29, 0.717) is 5.75 Å². The van der Waals surface area contributed by atoms with E-state index >= 15 is 0 Å². The zero-order valence-electron chi connectivity index (χ0n) is 10.5. The average Bonchev–Trinajstić information content (AvgIpc) is 2.37. The van der Waals surface area contributed by atoms with Gasteiger partial charge < -0.3 is 22.4 Å². The van der Waals surface area contributed by atoms with Crippen molar-refractivity contribution >= 4 is 9.05 Å². The predicted molar refractivity (Wildman–Crippen MR) is 64.4 cm³/mol. The molecule has 0 aliphatic carbocycles. The Balaban J connectivity index is 2.56. The summed E-state index contributed by atoms with van der Waals surface area (Å²) in [7, 11) is 1.38. The summed E-state index contributed by atoms with van der Waals surface area (Å²) in [6.07, 6.45) is -0.524. The largest absolute Gasteiger partial charge is 0.681 e. The summed E-state index contributed by atoms with van der Waals surface area (Å²) in [5.74, 6) is 0.714. The molecule has 0 spiro atoms. The third-order valence-electron chi connectivity index (χ3n) is 2.11. The third kappa shape index (κ3) is 4.10. The molecule has 1 unspecified atom stereocenters. The van der Waals surface area contributed by atoms with Crippen molar-refractivity contribution in [3.63, 3.8) is 0 Å². The van der Waals surface area contributed by atoms with Crippen molar-refractivity contribution < 1.29 is 22.4 Å². The van der Waals surface area contributed by atoms with E-state index in [-0.39, 0.29) is 0 Å². The Kier molecular flexibility index (Phi) is 5.59. The van der Waals surface area contributed by atoms with Crippen LogP contribution in [-0.2, 0) is 17.7 Å². The molecule has 1 atom stereocenters. The van der Waals surface area contributed by atoms with Gasteiger partial charge in [-0.3, -0.25) is 0 Å². The first-order chi connectivity index (χ1) is 8.15. The minimum atomic E-state index is -3.06. The van der Waals surface area contributed by atoms with Crippen LogP contribution in [0.15, 0.2) is 30.3 Å². The fourth-order valence-electron chi connectivity index (χ4n) is 1.31. The second-order valence-electron chi connectivity index (χ2n) is 3.23. The number of ether oxygens (including phenoxy) is 1. The average molecular weight is 258 g/mol. The standard InChI is InChI=1S/C11H18O5Si/c1-10(15-11-8-6-5-7-9-11)16-17(12-2,13-3)14-4/h5-10H,1-4H3. The van der Waals surface area contributed by atoms with Crippen LogP contribution < -0.4 is 4.74 Å². The molecule has 0 saturated carbocycles. The van der Waals surface area contributed by atoms with Gasteiger partial charge in [0.25, 0.3) is 0 Å². The molecule has 0 fully saturated rings. The summed E-state index contributed by atoms with van der Waals surface area (Å²) in [5.41, 5.74) is 0. The number of rotatable bonds is 7. The van der Waals surface area contributed by atoms with Gasteiger partial charge in [0.2, 0.25) is 0 Å². The van der Waals surface area contributed by atoms with Crippen LogP contribution in [0, 0.1) is 0 Å². The van der Waals surface area contributed by atoms with Crippen molar-refractivity contribution in [2.75, 3.05) is 21.3 Å². The van der Waals surface area contributed by atoms with E-state index in [1.807, 2.05) is 30.3 Å². The van der Waals surface area contributed by atoms with Gasteiger partial charge in [-0.15, -0.1) is 0 Å². The summed E-state index contributed by atoms with van der Waals surface area (Å²) < 4.78 is 26.5. The van der Waals surface area contributed by atoms with Gasteiger partial charge in [0.15, 0.2) is 6.29 Å². The van der Waals surface area contributed by atoms with Crippen molar-refractivity contribution in [3.8, 4) is 5.75 Å². The maximum Gasteiger partial charge on any atom is 0.681 e. The van der Waals surface area contributed by atoms with Crippen LogP contribution in [0.4, 0.5) is 0 Å². The molecule has 96 valence electrons. The Bertz CT molecular complexity index is 307. The molecule has 0 aliphatic rings. The lowest BCUT2D eigenvalue weighted by Gasteiger charge is -2.26. The zero-order chi connectivity index (χ0) is 12.7. The monoisotopic (exact) mass is 258 g/mol. The van der Waals surface area contributed by atoms with Gasteiger partial charge in [-0.2, -0.15) is 0 Å². The molecular weight excluding hydrogens is 240 g/mol. The molecule has 5 nitrogen and oxygen atoms in total. The first-order valence-electron chi connectivity index (χ1n) is 5.20. The Morgan fingerprint density at radius 2 is 1.47 bits per heavy atom. The van der Waals surface area contributed by atoms with Crippen LogP contribution in [0.3, 0.4) is 0 Å².